The summed E-state index contributed by atoms with van der Waals surface area (Å²) in [6, 6.07) is 8.03. The van der Waals surface area contributed by atoms with E-state index in [1.54, 1.807) is 14.2 Å². The molecule has 0 bridgehead atoms. The lowest BCUT2D eigenvalue weighted by Crippen LogP contribution is -2.37. The maximum atomic E-state index is 5.97. The predicted octanol–water partition coefficient (Wildman–Crippen LogP) is 4.50. The average Bonchev–Trinajstić information content (AvgIpc) is 2.70. The van der Waals surface area contributed by atoms with E-state index >= 15 is 0 Å². The first-order chi connectivity index (χ1) is 12.8. The minimum absolute atomic E-state index is 0. The van der Waals surface area contributed by atoms with Gasteiger partial charge < -0.3 is 20.1 Å². The van der Waals surface area contributed by atoms with Gasteiger partial charge in [-0.15, -0.1) is 24.0 Å². The number of guanidine groups is 1. The third kappa shape index (κ3) is 9.65. The first-order valence-corrected chi connectivity index (χ1v) is 10.0. The second kappa shape index (κ2) is 15.0. The number of rotatable bonds is 10. The fourth-order valence-electron chi connectivity index (χ4n) is 3.34. The molecule has 5 nitrogen and oxygen atoms in total. The van der Waals surface area contributed by atoms with Crippen molar-refractivity contribution in [3.05, 3.63) is 29.8 Å². The summed E-state index contributed by atoms with van der Waals surface area (Å²) in [5.41, 5.74) is 1.12. The van der Waals surface area contributed by atoms with Gasteiger partial charge in [0.05, 0.1) is 13.2 Å². The van der Waals surface area contributed by atoms with E-state index in [1.165, 1.54) is 38.5 Å². The second-order valence-corrected chi connectivity index (χ2v) is 6.86. The molecule has 1 saturated carbocycles. The van der Waals surface area contributed by atoms with E-state index in [4.69, 9.17) is 9.47 Å². The highest BCUT2D eigenvalue weighted by molar-refractivity contribution is 14.0. The van der Waals surface area contributed by atoms with Crippen LogP contribution in [-0.2, 0) is 11.3 Å². The van der Waals surface area contributed by atoms with Crippen LogP contribution in [0.15, 0.2) is 29.3 Å². The number of hydrogen-bond acceptors (Lipinski definition) is 3. The van der Waals surface area contributed by atoms with Gasteiger partial charge in [-0.1, -0.05) is 37.5 Å². The molecule has 1 aromatic rings. The SMILES string of the molecule is CN=C(NCCCCCOC1CCCCC1)NCc1ccccc1OC.I. The van der Waals surface area contributed by atoms with Crippen LogP contribution in [0.1, 0.15) is 56.9 Å². The summed E-state index contributed by atoms with van der Waals surface area (Å²) < 4.78 is 11.4. The zero-order valence-corrected chi connectivity index (χ0v) is 19.2. The third-order valence-electron chi connectivity index (χ3n) is 4.88. The lowest BCUT2D eigenvalue weighted by molar-refractivity contribution is 0.0264. The van der Waals surface area contributed by atoms with Crippen molar-refractivity contribution in [3.63, 3.8) is 0 Å². The lowest BCUT2D eigenvalue weighted by Gasteiger charge is -2.21. The average molecular weight is 489 g/mol. The standard InChI is InChI=1S/C21H35N3O2.HI/c1-22-21(24-17-18-11-7-8-14-20(18)25-2)23-15-9-4-10-16-26-19-12-5-3-6-13-19;/h7-8,11,14,19H,3-6,9-10,12-13,15-17H2,1-2H3,(H2,22,23,24);1H. The number of nitrogens with one attached hydrogen (secondary N) is 2. The number of nitrogens with zero attached hydrogens (tertiary/aromatic N) is 1. The summed E-state index contributed by atoms with van der Waals surface area (Å²) in [5.74, 6) is 1.72. The fourth-order valence-corrected chi connectivity index (χ4v) is 3.34. The largest absolute Gasteiger partial charge is 0.496 e. The Hall–Kier alpha value is -1.02. The molecule has 6 heteroatoms. The maximum Gasteiger partial charge on any atom is 0.191 e. The van der Waals surface area contributed by atoms with Crippen LogP contribution in [0.2, 0.25) is 0 Å². The van der Waals surface area contributed by atoms with E-state index < -0.39 is 0 Å². The van der Waals surface area contributed by atoms with Crippen molar-refractivity contribution in [3.8, 4) is 5.75 Å². The number of unbranched alkanes of at least 4 members (excludes halogenated alkanes) is 2. The molecule has 1 fully saturated rings. The summed E-state index contributed by atoms with van der Waals surface area (Å²) in [6.45, 7) is 2.53. The van der Waals surface area contributed by atoms with Crippen molar-refractivity contribution in [1.29, 1.82) is 0 Å². The number of ether oxygens (including phenoxy) is 2. The van der Waals surface area contributed by atoms with Crippen LogP contribution in [0.25, 0.3) is 0 Å². The number of benzene rings is 1. The molecule has 0 heterocycles. The second-order valence-electron chi connectivity index (χ2n) is 6.86. The van der Waals surface area contributed by atoms with Gasteiger partial charge in [-0.25, -0.2) is 0 Å². The van der Waals surface area contributed by atoms with Crippen LogP contribution < -0.4 is 15.4 Å². The molecule has 0 saturated heterocycles. The van der Waals surface area contributed by atoms with E-state index in [-0.39, 0.29) is 24.0 Å². The Morgan fingerprint density at radius 1 is 1.07 bits per heavy atom. The molecule has 1 aromatic carbocycles. The minimum atomic E-state index is 0. The van der Waals surface area contributed by atoms with Gasteiger partial charge >= 0.3 is 0 Å². The topological polar surface area (TPSA) is 54.9 Å². The molecule has 0 aliphatic heterocycles. The summed E-state index contributed by atoms with van der Waals surface area (Å²) in [5, 5.41) is 6.71. The zero-order chi connectivity index (χ0) is 18.5. The predicted molar refractivity (Wildman–Crippen MR) is 123 cm³/mol. The van der Waals surface area contributed by atoms with Crippen LogP contribution in [0.4, 0.5) is 0 Å². The molecular formula is C21H36IN3O2. The zero-order valence-electron chi connectivity index (χ0n) is 16.8. The van der Waals surface area contributed by atoms with Gasteiger partial charge in [0.25, 0.3) is 0 Å². The lowest BCUT2D eigenvalue weighted by atomic mass is 9.98. The monoisotopic (exact) mass is 489 g/mol. The van der Waals surface area contributed by atoms with Crippen molar-refractivity contribution < 1.29 is 9.47 Å². The smallest absolute Gasteiger partial charge is 0.191 e. The Kier molecular flexibility index (Phi) is 13.3. The highest BCUT2D eigenvalue weighted by Crippen LogP contribution is 2.20. The van der Waals surface area contributed by atoms with Crippen LogP contribution in [0.5, 0.6) is 5.75 Å². The van der Waals surface area contributed by atoms with Crippen molar-refractivity contribution >= 4 is 29.9 Å². The normalized spacial score (nSPS) is 15.1. The number of aliphatic imine (C=N–C) groups is 1. The van der Waals surface area contributed by atoms with Gasteiger partial charge in [-0.3, -0.25) is 4.99 Å². The van der Waals surface area contributed by atoms with Crippen LogP contribution in [0, 0.1) is 0 Å². The van der Waals surface area contributed by atoms with Gasteiger partial charge in [0.15, 0.2) is 5.96 Å². The van der Waals surface area contributed by atoms with Gasteiger partial charge in [-0.05, 0) is 38.2 Å². The van der Waals surface area contributed by atoms with Crippen molar-refractivity contribution in [2.75, 3.05) is 27.3 Å². The Labute approximate surface area is 181 Å². The molecule has 0 aromatic heterocycles. The summed E-state index contributed by atoms with van der Waals surface area (Å²) >= 11 is 0. The Morgan fingerprint density at radius 2 is 1.85 bits per heavy atom. The molecular weight excluding hydrogens is 453 g/mol. The molecule has 2 N–H and O–H groups in total. The molecule has 0 atom stereocenters. The molecule has 0 radical (unpaired) electrons. The molecule has 0 unspecified atom stereocenters. The van der Waals surface area contributed by atoms with Gasteiger partial charge in [0.2, 0.25) is 0 Å². The van der Waals surface area contributed by atoms with Crippen LogP contribution >= 0.6 is 24.0 Å². The summed E-state index contributed by atoms with van der Waals surface area (Å²) in [6.07, 6.45) is 10.6. The van der Waals surface area contributed by atoms with Crippen molar-refractivity contribution in [2.45, 2.75) is 64.0 Å². The van der Waals surface area contributed by atoms with Gasteiger partial charge in [0, 0.05) is 32.3 Å². The van der Waals surface area contributed by atoms with E-state index in [1.807, 2.05) is 18.2 Å². The summed E-state index contributed by atoms with van der Waals surface area (Å²) in [7, 11) is 3.50. The first-order valence-electron chi connectivity index (χ1n) is 10.0. The highest BCUT2D eigenvalue weighted by Gasteiger charge is 2.12. The number of para-hydroxylation sites is 1. The molecule has 2 rings (SSSR count). The Balaban J connectivity index is 0.00000364. The third-order valence-corrected chi connectivity index (χ3v) is 4.88. The highest BCUT2D eigenvalue weighted by atomic mass is 127. The van der Waals surface area contributed by atoms with Gasteiger partial charge in [0.1, 0.15) is 5.75 Å². The molecule has 0 spiro atoms. The van der Waals surface area contributed by atoms with E-state index in [0.29, 0.717) is 12.6 Å². The van der Waals surface area contributed by atoms with Gasteiger partial charge in [-0.2, -0.15) is 0 Å². The summed E-state index contributed by atoms with van der Waals surface area (Å²) in [4.78, 5) is 4.28. The number of halogens is 1. The van der Waals surface area contributed by atoms with E-state index in [2.05, 4.69) is 21.7 Å². The quantitative estimate of drug-likeness (QED) is 0.220. The molecule has 1 aliphatic rings. The Bertz CT molecular complexity index is 534. The fraction of sp³-hybridized carbons (Fsp3) is 0.667. The molecule has 27 heavy (non-hydrogen) atoms. The van der Waals surface area contributed by atoms with Crippen LogP contribution in [-0.4, -0.2) is 39.4 Å². The Morgan fingerprint density at radius 3 is 2.59 bits per heavy atom. The number of hydrogen-bond donors (Lipinski definition) is 2. The first kappa shape index (κ1) is 24.0. The maximum absolute atomic E-state index is 5.97. The minimum Gasteiger partial charge on any atom is -0.496 e. The van der Waals surface area contributed by atoms with Crippen molar-refractivity contribution in [1.82, 2.24) is 10.6 Å². The van der Waals surface area contributed by atoms with Crippen LogP contribution in [0.3, 0.4) is 0 Å². The van der Waals surface area contributed by atoms with E-state index in [9.17, 15) is 0 Å². The molecule has 0 amide bonds. The number of methoxy groups -OCH3 is 1. The molecule has 154 valence electrons. The van der Waals surface area contributed by atoms with E-state index in [0.717, 1.165) is 43.3 Å². The molecule has 1 aliphatic carbocycles. The van der Waals surface area contributed by atoms with Crippen molar-refractivity contribution in [2.24, 2.45) is 4.99 Å².